The van der Waals surface area contributed by atoms with E-state index in [9.17, 15) is 4.79 Å². The van der Waals surface area contributed by atoms with Crippen LogP contribution in [-0.4, -0.2) is 50.2 Å². The van der Waals surface area contributed by atoms with Gasteiger partial charge in [0.25, 0.3) is 0 Å². The minimum absolute atomic E-state index is 0.280. The van der Waals surface area contributed by atoms with Crippen LogP contribution in [0.4, 0.5) is 0 Å². The lowest BCUT2D eigenvalue weighted by Crippen LogP contribution is -2.37. The summed E-state index contributed by atoms with van der Waals surface area (Å²) < 4.78 is 5.30. The Labute approximate surface area is 97.3 Å². The molecule has 92 valence electrons. The van der Waals surface area contributed by atoms with Gasteiger partial charge in [-0.1, -0.05) is 0 Å². The van der Waals surface area contributed by atoms with Crippen molar-refractivity contribution >= 4 is 5.91 Å². The normalized spacial score (nSPS) is 29.6. The third kappa shape index (κ3) is 2.95. The average molecular weight is 226 g/mol. The van der Waals surface area contributed by atoms with E-state index in [1.807, 2.05) is 11.9 Å². The lowest BCUT2D eigenvalue weighted by molar-refractivity contribution is -0.132. The van der Waals surface area contributed by atoms with Gasteiger partial charge in [-0.05, 0) is 38.3 Å². The fourth-order valence-corrected chi connectivity index (χ4v) is 2.50. The summed E-state index contributed by atoms with van der Waals surface area (Å²) in [4.78, 5) is 13.8. The number of carbonyl (C=O) groups excluding carboxylic acids is 1. The smallest absolute Gasteiger partial charge is 0.222 e. The highest BCUT2D eigenvalue weighted by Crippen LogP contribution is 2.17. The van der Waals surface area contributed by atoms with Crippen molar-refractivity contribution in [2.45, 2.75) is 31.7 Å². The van der Waals surface area contributed by atoms with Crippen molar-refractivity contribution in [3.63, 3.8) is 0 Å². The highest BCUT2D eigenvalue weighted by atomic mass is 16.5. The quantitative estimate of drug-likeness (QED) is 0.764. The van der Waals surface area contributed by atoms with Gasteiger partial charge >= 0.3 is 0 Å². The molecular formula is C12H22N2O2. The van der Waals surface area contributed by atoms with E-state index in [1.165, 1.54) is 6.42 Å². The number of rotatable bonds is 4. The van der Waals surface area contributed by atoms with Crippen LogP contribution in [0, 0.1) is 5.92 Å². The summed E-state index contributed by atoms with van der Waals surface area (Å²) in [5, 5.41) is 3.34. The largest absolute Gasteiger partial charge is 0.379 e. The van der Waals surface area contributed by atoms with Crippen LogP contribution in [0.1, 0.15) is 25.7 Å². The molecule has 0 saturated carbocycles. The van der Waals surface area contributed by atoms with E-state index >= 15 is 0 Å². The van der Waals surface area contributed by atoms with Crippen molar-refractivity contribution in [1.82, 2.24) is 10.2 Å². The van der Waals surface area contributed by atoms with Gasteiger partial charge in [0.05, 0.1) is 12.6 Å². The van der Waals surface area contributed by atoms with E-state index in [0.717, 1.165) is 32.5 Å². The maximum absolute atomic E-state index is 11.9. The Kier molecular flexibility index (Phi) is 4.18. The van der Waals surface area contributed by atoms with Crippen LogP contribution in [0.15, 0.2) is 0 Å². The van der Waals surface area contributed by atoms with Crippen LogP contribution in [0.25, 0.3) is 0 Å². The molecule has 0 aromatic rings. The van der Waals surface area contributed by atoms with Gasteiger partial charge in [0.15, 0.2) is 0 Å². The van der Waals surface area contributed by atoms with E-state index < -0.39 is 0 Å². The number of ether oxygens (including phenoxy) is 1. The number of nitrogens with one attached hydrogen (secondary N) is 1. The zero-order valence-corrected chi connectivity index (χ0v) is 10.1. The fourth-order valence-electron chi connectivity index (χ4n) is 2.50. The first-order valence-corrected chi connectivity index (χ1v) is 6.31. The number of carbonyl (C=O) groups is 1. The van der Waals surface area contributed by atoms with Crippen LogP contribution in [0.5, 0.6) is 0 Å². The molecule has 2 aliphatic rings. The topological polar surface area (TPSA) is 41.6 Å². The zero-order chi connectivity index (χ0) is 11.4. The first kappa shape index (κ1) is 11.9. The van der Waals surface area contributed by atoms with Crippen molar-refractivity contribution in [2.75, 3.05) is 33.4 Å². The number of hydrogen-bond acceptors (Lipinski definition) is 3. The zero-order valence-electron chi connectivity index (χ0n) is 10.1. The van der Waals surface area contributed by atoms with Crippen molar-refractivity contribution in [1.29, 1.82) is 0 Å². The Bertz CT molecular complexity index is 233. The van der Waals surface area contributed by atoms with Gasteiger partial charge < -0.3 is 15.0 Å². The van der Waals surface area contributed by atoms with Gasteiger partial charge in [-0.3, -0.25) is 4.79 Å². The van der Waals surface area contributed by atoms with Crippen molar-refractivity contribution in [3.05, 3.63) is 0 Å². The predicted molar refractivity (Wildman–Crippen MR) is 62.2 cm³/mol. The number of nitrogens with zero attached hydrogens (tertiary/aromatic N) is 1. The van der Waals surface area contributed by atoms with E-state index in [4.69, 9.17) is 4.74 Å². The first-order chi connectivity index (χ1) is 7.77. The molecule has 2 unspecified atom stereocenters. The van der Waals surface area contributed by atoms with Crippen LogP contribution >= 0.6 is 0 Å². The highest BCUT2D eigenvalue weighted by molar-refractivity contribution is 5.76. The minimum Gasteiger partial charge on any atom is -0.379 e. The Balaban J connectivity index is 1.69. The second kappa shape index (κ2) is 5.64. The van der Waals surface area contributed by atoms with E-state index in [-0.39, 0.29) is 5.91 Å². The number of amides is 1. The standard InChI is InChI=1S/C12H22N2O2/c1-14(11-5-7-16-9-11)12(15)3-2-10-4-6-13-8-10/h10-11,13H,2-9H2,1H3. The maximum atomic E-state index is 11.9. The van der Waals surface area contributed by atoms with E-state index in [1.54, 1.807) is 0 Å². The summed E-state index contributed by atoms with van der Waals surface area (Å²) >= 11 is 0. The Morgan fingerprint density at radius 1 is 1.50 bits per heavy atom. The molecule has 2 aliphatic heterocycles. The Hall–Kier alpha value is -0.610. The van der Waals surface area contributed by atoms with Gasteiger partial charge in [0.1, 0.15) is 0 Å². The lowest BCUT2D eigenvalue weighted by Gasteiger charge is -2.23. The van der Waals surface area contributed by atoms with Crippen molar-refractivity contribution < 1.29 is 9.53 Å². The summed E-state index contributed by atoms with van der Waals surface area (Å²) in [5.41, 5.74) is 0. The second-order valence-corrected chi connectivity index (χ2v) is 4.92. The molecule has 16 heavy (non-hydrogen) atoms. The molecule has 1 N–H and O–H groups in total. The summed E-state index contributed by atoms with van der Waals surface area (Å²) in [6, 6.07) is 0.314. The van der Waals surface area contributed by atoms with Gasteiger partial charge in [-0.15, -0.1) is 0 Å². The minimum atomic E-state index is 0.280. The third-order valence-electron chi connectivity index (χ3n) is 3.78. The van der Waals surface area contributed by atoms with Crippen LogP contribution in [-0.2, 0) is 9.53 Å². The van der Waals surface area contributed by atoms with Crippen LogP contribution in [0.3, 0.4) is 0 Å². The number of likely N-dealkylation sites (N-methyl/N-ethyl adjacent to an activating group) is 1. The average Bonchev–Trinajstić information content (AvgIpc) is 2.96. The second-order valence-electron chi connectivity index (χ2n) is 4.92. The molecule has 0 aliphatic carbocycles. The molecule has 0 aromatic heterocycles. The Morgan fingerprint density at radius 2 is 2.38 bits per heavy atom. The first-order valence-electron chi connectivity index (χ1n) is 6.31. The molecule has 2 atom stereocenters. The van der Waals surface area contributed by atoms with Gasteiger partial charge in [-0.25, -0.2) is 0 Å². The van der Waals surface area contributed by atoms with Gasteiger partial charge in [0, 0.05) is 20.1 Å². The molecular weight excluding hydrogens is 204 g/mol. The summed E-state index contributed by atoms with van der Waals surface area (Å²) in [6.45, 7) is 3.72. The van der Waals surface area contributed by atoms with Crippen LogP contribution in [0.2, 0.25) is 0 Å². The van der Waals surface area contributed by atoms with Gasteiger partial charge in [0.2, 0.25) is 5.91 Å². The SMILES string of the molecule is CN(C(=O)CCC1CCNC1)C1CCOC1. The molecule has 0 radical (unpaired) electrons. The maximum Gasteiger partial charge on any atom is 0.222 e. The molecule has 2 rings (SSSR count). The fraction of sp³-hybridized carbons (Fsp3) is 0.917. The third-order valence-corrected chi connectivity index (χ3v) is 3.78. The molecule has 2 saturated heterocycles. The Morgan fingerprint density at radius 3 is 3.00 bits per heavy atom. The van der Waals surface area contributed by atoms with E-state index in [0.29, 0.717) is 25.0 Å². The molecule has 0 bridgehead atoms. The highest BCUT2D eigenvalue weighted by Gasteiger charge is 2.24. The molecule has 4 nitrogen and oxygen atoms in total. The molecule has 2 heterocycles. The molecule has 1 amide bonds. The van der Waals surface area contributed by atoms with Crippen molar-refractivity contribution in [3.8, 4) is 0 Å². The van der Waals surface area contributed by atoms with Gasteiger partial charge in [-0.2, -0.15) is 0 Å². The molecule has 4 heteroatoms. The van der Waals surface area contributed by atoms with Crippen LogP contribution < -0.4 is 5.32 Å². The molecule has 0 aromatic carbocycles. The predicted octanol–water partition coefficient (Wildman–Crippen LogP) is 0.623. The molecule has 0 spiro atoms. The summed E-state index contributed by atoms with van der Waals surface area (Å²) in [6.07, 6.45) is 3.94. The summed E-state index contributed by atoms with van der Waals surface area (Å²) in [7, 11) is 1.91. The monoisotopic (exact) mass is 226 g/mol. The molecule has 2 fully saturated rings. The summed E-state index contributed by atoms with van der Waals surface area (Å²) in [5.74, 6) is 0.986. The van der Waals surface area contributed by atoms with E-state index in [2.05, 4.69) is 5.32 Å². The van der Waals surface area contributed by atoms with Crippen molar-refractivity contribution in [2.24, 2.45) is 5.92 Å². The lowest BCUT2D eigenvalue weighted by atomic mass is 10.0. The number of hydrogen-bond donors (Lipinski definition) is 1.